The fourth-order valence-corrected chi connectivity index (χ4v) is 6.78. The molecule has 4 rings (SSSR count). The highest BCUT2D eigenvalue weighted by Gasteiger charge is 2.28. The summed E-state index contributed by atoms with van der Waals surface area (Å²) in [6.45, 7) is 1.90. The SMILES string of the molecule is O=C(NCc1ccc(S(=O)(=O)N2CCCC2)s1)c1cccc(OCc2cccs2)c1. The van der Waals surface area contributed by atoms with E-state index in [1.54, 1.807) is 41.7 Å². The van der Waals surface area contributed by atoms with E-state index in [1.165, 1.54) is 15.6 Å². The van der Waals surface area contributed by atoms with Gasteiger partial charge in [-0.15, -0.1) is 22.7 Å². The van der Waals surface area contributed by atoms with Crippen molar-refractivity contribution in [2.24, 2.45) is 0 Å². The molecule has 0 unspecified atom stereocenters. The molecule has 3 heterocycles. The molecule has 2 aromatic heterocycles. The van der Waals surface area contributed by atoms with Gasteiger partial charge in [0.15, 0.2) is 0 Å². The lowest BCUT2D eigenvalue weighted by molar-refractivity contribution is 0.0951. The molecule has 6 nitrogen and oxygen atoms in total. The van der Waals surface area contributed by atoms with Gasteiger partial charge in [0, 0.05) is 28.4 Å². The topological polar surface area (TPSA) is 75.7 Å². The zero-order chi connectivity index (χ0) is 21.0. The maximum Gasteiger partial charge on any atom is 0.252 e. The van der Waals surface area contributed by atoms with Crippen LogP contribution in [0.25, 0.3) is 0 Å². The number of sulfonamides is 1. The Balaban J connectivity index is 1.35. The quantitative estimate of drug-likeness (QED) is 0.547. The van der Waals surface area contributed by atoms with Crippen LogP contribution in [0.3, 0.4) is 0 Å². The Kier molecular flexibility index (Phi) is 6.52. The van der Waals surface area contributed by atoms with Crippen LogP contribution >= 0.6 is 22.7 Å². The summed E-state index contributed by atoms with van der Waals surface area (Å²) >= 11 is 2.83. The minimum atomic E-state index is -3.42. The van der Waals surface area contributed by atoms with Crippen LogP contribution in [-0.2, 0) is 23.2 Å². The number of benzene rings is 1. The van der Waals surface area contributed by atoms with E-state index >= 15 is 0 Å². The van der Waals surface area contributed by atoms with Crippen molar-refractivity contribution in [3.63, 3.8) is 0 Å². The number of hydrogen-bond donors (Lipinski definition) is 1. The number of rotatable bonds is 8. The summed E-state index contributed by atoms with van der Waals surface area (Å²) in [7, 11) is -3.42. The Labute approximate surface area is 184 Å². The van der Waals surface area contributed by atoms with E-state index in [1.807, 2.05) is 23.6 Å². The molecule has 0 radical (unpaired) electrons. The Morgan fingerprint density at radius 3 is 2.67 bits per heavy atom. The van der Waals surface area contributed by atoms with Crippen LogP contribution in [0.15, 0.2) is 58.1 Å². The van der Waals surface area contributed by atoms with Crippen molar-refractivity contribution in [1.82, 2.24) is 9.62 Å². The molecule has 158 valence electrons. The first-order valence-corrected chi connectivity index (χ1v) is 12.8. The highest BCUT2D eigenvalue weighted by atomic mass is 32.2. The predicted molar refractivity (Wildman–Crippen MR) is 119 cm³/mol. The van der Waals surface area contributed by atoms with Crippen LogP contribution in [0.1, 0.15) is 33.0 Å². The molecule has 9 heteroatoms. The van der Waals surface area contributed by atoms with Gasteiger partial charge in [0.1, 0.15) is 16.6 Å². The van der Waals surface area contributed by atoms with Crippen molar-refractivity contribution in [1.29, 1.82) is 0 Å². The van der Waals surface area contributed by atoms with Crippen LogP contribution < -0.4 is 10.1 Å². The molecule has 1 fully saturated rings. The third-order valence-corrected chi connectivity index (χ3v) is 9.08. The average Bonchev–Trinajstić information content (AvgIpc) is 3.53. The van der Waals surface area contributed by atoms with Crippen molar-refractivity contribution in [2.75, 3.05) is 13.1 Å². The monoisotopic (exact) mass is 462 g/mol. The lowest BCUT2D eigenvalue weighted by atomic mass is 10.2. The van der Waals surface area contributed by atoms with Gasteiger partial charge in [-0.2, -0.15) is 4.31 Å². The van der Waals surface area contributed by atoms with E-state index in [4.69, 9.17) is 4.74 Å². The summed E-state index contributed by atoms with van der Waals surface area (Å²) in [5, 5.41) is 4.85. The molecule has 0 saturated carbocycles. The summed E-state index contributed by atoms with van der Waals surface area (Å²) in [5.74, 6) is 0.403. The van der Waals surface area contributed by atoms with Gasteiger partial charge in [-0.1, -0.05) is 12.1 Å². The number of thiophene rings is 2. The zero-order valence-corrected chi connectivity index (χ0v) is 18.7. The second-order valence-corrected chi connectivity index (χ2v) is 11.3. The van der Waals surface area contributed by atoms with Crippen molar-refractivity contribution in [2.45, 2.75) is 30.2 Å². The maximum absolute atomic E-state index is 12.6. The van der Waals surface area contributed by atoms with E-state index in [2.05, 4.69) is 5.32 Å². The molecule has 0 spiro atoms. The number of nitrogens with zero attached hydrogens (tertiary/aromatic N) is 1. The molecule has 1 N–H and O–H groups in total. The Bertz CT molecular complexity index is 1100. The minimum Gasteiger partial charge on any atom is -0.488 e. The highest BCUT2D eigenvalue weighted by molar-refractivity contribution is 7.91. The minimum absolute atomic E-state index is 0.228. The van der Waals surface area contributed by atoms with Gasteiger partial charge in [0.05, 0.1) is 6.54 Å². The first-order valence-electron chi connectivity index (χ1n) is 9.65. The third-order valence-electron chi connectivity index (χ3n) is 4.78. The van der Waals surface area contributed by atoms with Crippen molar-refractivity contribution in [3.05, 3.63) is 69.2 Å². The van der Waals surface area contributed by atoms with Gasteiger partial charge in [-0.25, -0.2) is 8.42 Å². The van der Waals surface area contributed by atoms with Crippen LogP contribution in [0.2, 0.25) is 0 Å². The van der Waals surface area contributed by atoms with E-state index in [-0.39, 0.29) is 12.5 Å². The van der Waals surface area contributed by atoms with Crippen LogP contribution in [0, 0.1) is 0 Å². The number of nitrogens with one attached hydrogen (secondary N) is 1. The molecule has 1 amide bonds. The lowest BCUT2D eigenvalue weighted by Gasteiger charge is -2.13. The summed E-state index contributed by atoms with van der Waals surface area (Å²) in [4.78, 5) is 14.4. The molecule has 30 heavy (non-hydrogen) atoms. The van der Waals surface area contributed by atoms with Crippen LogP contribution in [0.5, 0.6) is 5.75 Å². The maximum atomic E-state index is 12.6. The number of amides is 1. The molecule has 0 bridgehead atoms. The highest BCUT2D eigenvalue weighted by Crippen LogP contribution is 2.27. The number of carbonyl (C=O) groups is 1. The van der Waals surface area contributed by atoms with Gasteiger partial charge in [0.25, 0.3) is 15.9 Å². The molecule has 1 saturated heterocycles. The van der Waals surface area contributed by atoms with Gasteiger partial charge in [-0.3, -0.25) is 4.79 Å². The molecule has 1 aromatic carbocycles. The fraction of sp³-hybridized carbons (Fsp3) is 0.286. The van der Waals surface area contributed by atoms with Crippen LogP contribution in [0.4, 0.5) is 0 Å². The Morgan fingerprint density at radius 2 is 1.90 bits per heavy atom. The number of hydrogen-bond acceptors (Lipinski definition) is 6. The van der Waals surface area contributed by atoms with Gasteiger partial charge in [-0.05, 0) is 54.6 Å². The smallest absolute Gasteiger partial charge is 0.252 e. The first kappa shape index (κ1) is 21.0. The van der Waals surface area contributed by atoms with Crippen molar-refractivity contribution in [3.8, 4) is 5.75 Å². The lowest BCUT2D eigenvalue weighted by Crippen LogP contribution is -2.27. The first-order chi connectivity index (χ1) is 14.5. The molecular weight excluding hydrogens is 440 g/mol. The molecule has 0 aliphatic carbocycles. The van der Waals surface area contributed by atoms with E-state index in [9.17, 15) is 13.2 Å². The Morgan fingerprint density at radius 1 is 1.07 bits per heavy atom. The standard InChI is InChI=1S/C21H22N2O4S3/c24-21(16-5-3-6-17(13-16)27-15-19-7-4-12-28-19)22-14-18-8-9-20(29-18)30(25,26)23-10-1-2-11-23/h3-9,12-13H,1-2,10-11,14-15H2,(H,22,24). The molecule has 1 aliphatic rings. The van der Waals surface area contributed by atoms with Crippen molar-refractivity contribution >= 4 is 38.6 Å². The second kappa shape index (κ2) is 9.30. The van der Waals surface area contributed by atoms with E-state index in [0.717, 1.165) is 22.6 Å². The molecular formula is C21H22N2O4S3. The average molecular weight is 463 g/mol. The summed E-state index contributed by atoms with van der Waals surface area (Å²) < 4.78 is 32.9. The van der Waals surface area contributed by atoms with Crippen LogP contribution in [-0.4, -0.2) is 31.7 Å². The molecule has 1 aliphatic heterocycles. The zero-order valence-electron chi connectivity index (χ0n) is 16.2. The molecule has 3 aromatic rings. The normalized spacial score (nSPS) is 14.7. The van der Waals surface area contributed by atoms with E-state index in [0.29, 0.717) is 35.2 Å². The third kappa shape index (κ3) is 4.92. The Hall–Kier alpha value is -2.20. The molecule has 0 atom stereocenters. The van der Waals surface area contributed by atoms with Gasteiger partial charge in [0.2, 0.25) is 0 Å². The predicted octanol–water partition coefficient (Wildman–Crippen LogP) is 4.10. The van der Waals surface area contributed by atoms with Crippen molar-refractivity contribution < 1.29 is 17.9 Å². The summed E-state index contributed by atoms with van der Waals surface area (Å²) in [6.07, 6.45) is 1.81. The fourth-order valence-electron chi connectivity index (χ4n) is 3.19. The largest absolute Gasteiger partial charge is 0.488 e. The number of carbonyl (C=O) groups excluding carboxylic acids is 1. The second-order valence-electron chi connectivity index (χ2n) is 6.91. The van der Waals surface area contributed by atoms with Gasteiger partial charge >= 0.3 is 0 Å². The van der Waals surface area contributed by atoms with Gasteiger partial charge < -0.3 is 10.1 Å². The number of ether oxygens (including phenoxy) is 1. The summed E-state index contributed by atoms with van der Waals surface area (Å²) in [5.41, 5.74) is 0.500. The van der Waals surface area contributed by atoms with E-state index < -0.39 is 10.0 Å². The summed E-state index contributed by atoms with van der Waals surface area (Å²) in [6, 6.07) is 14.4.